The molecule has 5 atom stereocenters. The molecule has 3 aromatic rings. The molecule has 7 nitrogen and oxygen atoms in total. The lowest BCUT2D eigenvalue weighted by Gasteiger charge is -2.39. The number of ether oxygens (including phenoxy) is 1. The zero-order valence-electron chi connectivity index (χ0n) is 20.6. The van der Waals surface area contributed by atoms with Crippen molar-refractivity contribution in [3.63, 3.8) is 0 Å². The van der Waals surface area contributed by atoms with E-state index < -0.39 is 35.1 Å². The van der Waals surface area contributed by atoms with Crippen molar-refractivity contribution in [3.8, 4) is 11.8 Å². The Balaban J connectivity index is 1.62. The first kappa shape index (κ1) is 25.2. The fraction of sp³-hybridized carbons (Fsp3) is 0.400. The first-order valence-corrected chi connectivity index (χ1v) is 12.9. The monoisotopic (exact) mass is 500 g/mol. The standard InChI is InChI=1S/C30H32N2O5/c33-20-26-25(34)19-30(37-26,32-17-16-27(35)31-29(32)36)24-15-9-3-8-14-23(18-24)28(21-10-4-1-5-11-21)22-12-6-2-7-13-22/h1-2,4-7,10-13,16-17,23-26,28,33-34H,3,8,14,18-20H2,(H,31,35,36)/t23?,24?,25-,26+,30-/m0/s1. The van der Waals surface area contributed by atoms with Crippen molar-refractivity contribution in [2.45, 2.75) is 56.0 Å². The van der Waals surface area contributed by atoms with E-state index in [1.54, 1.807) is 0 Å². The Morgan fingerprint density at radius 1 is 1.05 bits per heavy atom. The molecule has 7 heteroatoms. The molecule has 2 heterocycles. The van der Waals surface area contributed by atoms with Crippen LogP contribution in [-0.4, -0.2) is 38.6 Å². The van der Waals surface area contributed by atoms with Gasteiger partial charge in [-0.3, -0.25) is 14.3 Å². The molecule has 0 bridgehead atoms. The lowest BCUT2D eigenvalue weighted by molar-refractivity contribution is -0.145. The van der Waals surface area contributed by atoms with E-state index in [9.17, 15) is 19.8 Å². The number of hydrogen-bond donors (Lipinski definition) is 3. The van der Waals surface area contributed by atoms with Crippen molar-refractivity contribution < 1.29 is 14.9 Å². The smallest absolute Gasteiger partial charge is 0.330 e. The molecule has 37 heavy (non-hydrogen) atoms. The minimum atomic E-state index is -1.32. The maximum atomic E-state index is 13.0. The van der Waals surface area contributed by atoms with Crippen LogP contribution in [0.2, 0.25) is 0 Å². The van der Waals surface area contributed by atoms with Gasteiger partial charge in [-0.25, -0.2) is 4.79 Å². The van der Waals surface area contributed by atoms with Crippen molar-refractivity contribution >= 4 is 0 Å². The number of nitrogens with zero attached hydrogens (tertiary/aromatic N) is 1. The zero-order valence-corrected chi connectivity index (χ0v) is 20.6. The maximum Gasteiger partial charge on any atom is 0.330 e. The Morgan fingerprint density at radius 2 is 1.73 bits per heavy atom. The van der Waals surface area contributed by atoms with E-state index in [0.29, 0.717) is 12.8 Å². The quantitative estimate of drug-likeness (QED) is 0.452. The summed E-state index contributed by atoms with van der Waals surface area (Å²) in [4.78, 5) is 27.2. The predicted octanol–water partition coefficient (Wildman–Crippen LogP) is 2.97. The van der Waals surface area contributed by atoms with Crippen LogP contribution in [0, 0.1) is 23.7 Å². The largest absolute Gasteiger partial charge is 0.394 e. The van der Waals surface area contributed by atoms with Crippen molar-refractivity contribution in [2.75, 3.05) is 6.61 Å². The van der Waals surface area contributed by atoms with Crippen LogP contribution in [0.5, 0.6) is 0 Å². The molecule has 1 aliphatic carbocycles. The second-order valence-corrected chi connectivity index (χ2v) is 10.00. The van der Waals surface area contributed by atoms with Crippen molar-refractivity contribution in [1.82, 2.24) is 9.55 Å². The Morgan fingerprint density at radius 3 is 2.32 bits per heavy atom. The highest BCUT2D eigenvalue weighted by atomic mass is 16.6. The number of benzene rings is 2. The number of aliphatic hydroxyl groups is 2. The fourth-order valence-electron chi connectivity index (χ4n) is 6.03. The van der Waals surface area contributed by atoms with Gasteiger partial charge in [0, 0.05) is 31.0 Å². The lowest BCUT2D eigenvalue weighted by atomic mass is 9.71. The fourth-order valence-corrected chi connectivity index (χ4v) is 6.03. The molecule has 3 N–H and O–H groups in total. The van der Waals surface area contributed by atoms with Gasteiger partial charge in [-0.2, -0.15) is 0 Å². The zero-order chi connectivity index (χ0) is 25.8. The van der Waals surface area contributed by atoms with Crippen molar-refractivity contribution in [3.05, 3.63) is 105 Å². The molecular formula is C30H32N2O5. The average Bonchev–Trinajstić information content (AvgIpc) is 3.23. The molecule has 1 aromatic heterocycles. The molecule has 2 aliphatic rings. The van der Waals surface area contributed by atoms with Crippen LogP contribution in [0.1, 0.15) is 49.1 Å². The number of aromatic amines is 1. The number of aromatic nitrogens is 2. The van der Waals surface area contributed by atoms with Gasteiger partial charge in [-0.05, 0) is 36.3 Å². The summed E-state index contributed by atoms with van der Waals surface area (Å²) < 4.78 is 7.68. The van der Waals surface area contributed by atoms with E-state index in [1.165, 1.54) is 28.0 Å². The molecule has 2 unspecified atom stereocenters. The van der Waals surface area contributed by atoms with Gasteiger partial charge in [-0.15, -0.1) is 5.92 Å². The summed E-state index contributed by atoms with van der Waals surface area (Å²) in [7, 11) is 0. The third-order valence-electron chi connectivity index (χ3n) is 7.72. The minimum Gasteiger partial charge on any atom is -0.394 e. The van der Waals surface area contributed by atoms with Gasteiger partial charge in [0.15, 0.2) is 5.72 Å². The average molecular weight is 501 g/mol. The predicted molar refractivity (Wildman–Crippen MR) is 140 cm³/mol. The summed E-state index contributed by atoms with van der Waals surface area (Å²) in [5.41, 5.74) is -0.0391. The highest BCUT2D eigenvalue weighted by Crippen LogP contribution is 2.47. The topological polar surface area (TPSA) is 105 Å². The van der Waals surface area contributed by atoms with Gasteiger partial charge in [-0.1, -0.05) is 66.6 Å². The summed E-state index contributed by atoms with van der Waals surface area (Å²) in [5.74, 6) is 6.47. The Hall–Kier alpha value is -3.44. The first-order chi connectivity index (χ1) is 18.0. The summed E-state index contributed by atoms with van der Waals surface area (Å²) in [6.07, 6.45) is 2.87. The van der Waals surface area contributed by atoms with E-state index in [1.807, 2.05) is 12.1 Å². The van der Waals surface area contributed by atoms with Gasteiger partial charge in [0.25, 0.3) is 5.56 Å². The van der Waals surface area contributed by atoms with Gasteiger partial charge in [0.05, 0.1) is 18.6 Å². The molecule has 5 rings (SSSR count). The molecule has 1 saturated heterocycles. The number of aliphatic hydroxyl groups excluding tert-OH is 2. The number of nitrogens with one attached hydrogen (secondary N) is 1. The Labute approximate surface area is 215 Å². The van der Waals surface area contributed by atoms with E-state index in [-0.39, 0.29) is 24.9 Å². The Bertz CT molecular complexity index is 1330. The number of hydrogen-bond acceptors (Lipinski definition) is 5. The summed E-state index contributed by atoms with van der Waals surface area (Å²) in [6, 6.07) is 22.1. The second-order valence-electron chi connectivity index (χ2n) is 10.00. The van der Waals surface area contributed by atoms with E-state index in [0.717, 1.165) is 12.8 Å². The minimum absolute atomic E-state index is 0.0809. The van der Waals surface area contributed by atoms with E-state index in [4.69, 9.17) is 4.74 Å². The highest BCUT2D eigenvalue weighted by Gasteiger charge is 2.53. The first-order valence-electron chi connectivity index (χ1n) is 12.9. The third kappa shape index (κ3) is 5.05. The van der Waals surface area contributed by atoms with Crippen LogP contribution >= 0.6 is 0 Å². The molecule has 2 aromatic carbocycles. The summed E-state index contributed by atoms with van der Waals surface area (Å²) in [6.45, 7) is -0.388. The van der Waals surface area contributed by atoms with Crippen LogP contribution in [-0.2, 0) is 10.5 Å². The van der Waals surface area contributed by atoms with Crippen molar-refractivity contribution in [1.29, 1.82) is 0 Å². The third-order valence-corrected chi connectivity index (χ3v) is 7.72. The van der Waals surface area contributed by atoms with Gasteiger partial charge >= 0.3 is 5.69 Å². The van der Waals surface area contributed by atoms with Gasteiger partial charge < -0.3 is 14.9 Å². The molecule has 1 aliphatic heterocycles. The van der Waals surface area contributed by atoms with Crippen LogP contribution in [0.3, 0.4) is 0 Å². The van der Waals surface area contributed by atoms with Crippen LogP contribution in [0.15, 0.2) is 82.5 Å². The van der Waals surface area contributed by atoms with Gasteiger partial charge in [0.2, 0.25) is 0 Å². The summed E-state index contributed by atoms with van der Waals surface area (Å²) in [5, 5.41) is 20.7. The highest BCUT2D eigenvalue weighted by molar-refractivity contribution is 5.34. The number of H-pyrrole nitrogens is 1. The van der Waals surface area contributed by atoms with Gasteiger partial charge in [0.1, 0.15) is 6.10 Å². The molecule has 0 radical (unpaired) electrons. The normalized spacial score (nSPS) is 27.8. The molecule has 192 valence electrons. The van der Waals surface area contributed by atoms with E-state index >= 15 is 0 Å². The maximum absolute atomic E-state index is 13.0. The molecular weight excluding hydrogens is 468 g/mol. The molecule has 0 spiro atoms. The lowest BCUT2D eigenvalue weighted by Crippen LogP contribution is -2.49. The molecule has 1 fully saturated rings. The number of rotatable bonds is 6. The van der Waals surface area contributed by atoms with Crippen LogP contribution in [0.4, 0.5) is 0 Å². The van der Waals surface area contributed by atoms with E-state index in [2.05, 4.69) is 65.4 Å². The molecule has 0 saturated carbocycles. The Kier molecular flexibility index (Phi) is 7.43. The van der Waals surface area contributed by atoms with Crippen LogP contribution in [0.25, 0.3) is 0 Å². The molecule has 0 amide bonds. The van der Waals surface area contributed by atoms with Crippen LogP contribution < -0.4 is 11.2 Å². The SMILES string of the molecule is O=c1ccn([C@@]2(C3C#CCCCC(C(c4ccccc4)c4ccccc4)C3)C[C@H](O)[C@@H](CO)O2)c(=O)[nH]1. The summed E-state index contributed by atoms with van der Waals surface area (Å²) >= 11 is 0. The second kappa shape index (κ2) is 10.9. The van der Waals surface area contributed by atoms with Crippen molar-refractivity contribution in [2.24, 2.45) is 11.8 Å².